The maximum absolute atomic E-state index is 13.5. The van der Waals surface area contributed by atoms with Crippen LogP contribution in [0.3, 0.4) is 0 Å². The summed E-state index contributed by atoms with van der Waals surface area (Å²) < 4.78 is 44.7. The van der Waals surface area contributed by atoms with Gasteiger partial charge in [-0.25, -0.2) is 12.8 Å². The second kappa shape index (κ2) is 4.69. The lowest BCUT2D eigenvalue weighted by molar-refractivity contribution is 0.400. The van der Waals surface area contributed by atoms with Crippen LogP contribution in [0.5, 0.6) is 0 Å². The van der Waals surface area contributed by atoms with Gasteiger partial charge in [-0.1, -0.05) is 21.1 Å². The van der Waals surface area contributed by atoms with Crippen LogP contribution in [0.1, 0.15) is 5.76 Å². The van der Waals surface area contributed by atoms with E-state index in [0.29, 0.717) is 10.2 Å². The molecule has 1 N–H and O–H groups in total. The standard InChI is InChI=1S/C10H8BrFN2O3S/c1-6-4-10(13-17-6)14-18(15,16)9-5-7(11)2-3-8(9)12/h2-5H,1H3,(H,13,14). The fourth-order valence-corrected chi connectivity index (χ4v) is 2.89. The van der Waals surface area contributed by atoms with Crippen molar-refractivity contribution in [1.82, 2.24) is 5.16 Å². The number of nitrogens with one attached hydrogen (secondary N) is 1. The lowest BCUT2D eigenvalue weighted by Gasteiger charge is -2.06. The first-order valence-corrected chi connectivity index (χ1v) is 7.07. The van der Waals surface area contributed by atoms with Gasteiger partial charge in [0.25, 0.3) is 10.0 Å². The number of aromatic nitrogens is 1. The number of anilines is 1. The van der Waals surface area contributed by atoms with E-state index in [1.165, 1.54) is 18.2 Å². The molecule has 0 saturated carbocycles. The van der Waals surface area contributed by atoms with E-state index in [1.807, 2.05) is 0 Å². The molecule has 96 valence electrons. The third-order valence-electron chi connectivity index (χ3n) is 2.05. The van der Waals surface area contributed by atoms with E-state index in [2.05, 4.69) is 25.8 Å². The summed E-state index contributed by atoms with van der Waals surface area (Å²) in [5, 5.41) is 3.48. The topological polar surface area (TPSA) is 72.2 Å². The van der Waals surface area contributed by atoms with Crippen LogP contribution in [0.25, 0.3) is 0 Å². The molecule has 0 saturated heterocycles. The number of hydrogen-bond acceptors (Lipinski definition) is 4. The van der Waals surface area contributed by atoms with Crippen LogP contribution in [-0.4, -0.2) is 13.6 Å². The van der Waals surface area contributed by atoms with E-state index in [-0.39, 0.29) is 5.82 Å². The summed E-state index contributed by atoms with van der Waals surface area (Å²) in [6, 6.07) is 5.04. The first-order valence-electron chi connectivity index (χ1n) is 4.80. The van der Waals surface area contributed by atoms with Gasteiger partial charge >= 0.3 is 0 Å². The Morgan fingerprint density at radius 1 is 1.39 bits per heavy atom. The summed E-state index contributed by atoms with van der Waals surface area (Å²) >= 11 is 3.09. The summed E-state index contributed by atoms with van der Waals surface area (Å²) in [6.45, 7) is 1.62. The molecule has 0 bridgehead atoms. The van der Waals surface area contributed by atoms with Crippen LogP contribution in [0.15, 0.2) is 38.2 Å². The maximum Gasteiger partial charge on any atom is 0.266 e. The Kier molecular flexibility index (Phi) is 3.40. The number of benzene rings is 1. The average Bonchev–Trinajstić information content (AvgIpc) is 2.66. The Hall–Kier alpha value is -1.41. The molecule has 2 aromatic rings. The molecule has 0 radical (unpaired) electrons. The molecule has 0 atom stereocenters. The van der Waals surface area contributed by atoms with Crippen molar-refractivity contribution in [3.8, 4) is 0 Å². The van der Waals surface area contributed by atoms with Gasteiger partial charge in [-0.15, -0.1) is 0 Å². The van der Waals surface area contributed by atoms with Gasteiger partial charge in [-0.3, -0.25) is 4.72 Å². The zero-order chi connectivity index (χ0) is 13.3. The summed E-state index contributed by atoms with van der Waals surface area (Å²) in [6.07, 6.45) is 0. The van der Waals surface area contributed by atoms with Crippen LogP contribution in [0, 0.1) is 12.7 Å². The minimum absolute atomic E-state index is 0.00637. The fourth-order valence-electron chi connectivity index (χ4n) is 1.29. The second-order valence-electron chi connectivity index (χ2n) is 3.50. The minimum Gasteiger partial charge on any atom is -0.360 e. The molecule has 0 unspecified atom stereocenters. The van der Waals surface area contributed by atoms with Gasteiger partial charge in [0, 0.05) is 10.5 Å². The van der Waals surface area contributed by atoms with E-state index in [4.69, 9.17) is 4.52 Å². The van der Waals surface area contributed by atoms with Crippen molar-refractivity contribution in [2.45, 2.75) is 11.8 Å². The number of rotatable bonds is 3. The highest BCUT2D eigenvalue weighted by atomic mass is 79.9. The largest absolute Gasteiger partial charge is 0.360 e. The van der Waals surface area contributed by atoms with E-state index in [0.717, 1.165) is 6.07 Å². The molecule has 0 aliphatic heterocycles. The first-order chi connectivity index (χ1) is 8.38. The van der Waals surface area contributed by atoms with Crippen molar-refractivity contribution < 1.29 is 17.3 Å². The van der Waals surface area contributed by atoms with E-state index in [9.17, 15) is 12.8 Å². The predicted octanol–water partition coefficient (Wildman–Crippen LogP) is 2.69. The molecule has 2 rings (SSSR count). The predicted molar refractivity (Wildman–Crippen MR) is 66.1 cm³/mol. The summed E-state index contributed by atoms with van der Waals surface area (Å²) in [7, 11) is -4.03. The summed E-state index contributed by atoms with van der Waals surface area (Å²) in [5.41, 5.74) is 0. The third kappa shape index (κ3) is 2.70. The normalized spacial score (nSPS) is 11.5. The molecule has 1 heterocycles. The van der Waals surface area contributed by atoms with Crippen molar-refractivity contribution in [3.63, 3.8) is 0 Å². The molecule has 0 fully saturated rings. The van der Waals surface area contributed by atoms with Gasteiger partial charge < -0.3 is 4.52 Å². The van der Waals surface area contributed by atoms with Gasteiger partial charge in [0.05, 0.1) is 0 Å². The van der Waals surface area contributed by atoms with Gasteiger partial charge in [0.2, 0.25) is 0 Å². The molecule has 5 nitrogen and oxygen atoms in total. The van der Waals surface area contributed by atoms with Gasteiger partial charge in [0.1, 0.15) is 16.5 Å². The highest BCUT2D eigenvalue weighted by Crippen LogP contribution is 2.22. The lowest BCUT2D eigenvalue weighted by atomic mass is 10.3. The van der Waals surface area contributed by atoms with E-state index >= 15 is 0 Å². The number of sulfonamides is 1. The number of halogens is 2. The molecular weight excluding hydrogens is 327 g/mol. The maximum atomic E-state index is 13.5. The van der Waals surface area contributed by atoms with Crippen LogP contribution < -0.4 is 4.72 Å². The second-order valence-corrected chi connectivity index (χ2v) is 6.07. The zero-order valence-corrected chi connectivity index (χ0v) is 11.5. The van der Waals surface area contributed by atoms with Crippen molar-refractivity contribution in [1.29, 1.82) is 0 Å². The number of hydrogen-bond donors (Lipinski definition) is 1. The third-order valence-corrected chi connectivity index (χ3v) is 3.91. The van der Waals surface area contributed by atoms with Crippen LogP contribution >= 0.6 is 15.9 Å². The monoisotopic (exact) mass is 334 g/mol. The van der Waals surface area contributed by atoms with Crippen LogP contribution in [-0.2, 0) is 10.0 Å². The Morgan fingerprint density at radius 2 is 2.11 bits per heavy atom. The summed E-state index contributed by atoms with van der Waals surface area (Å²) in [5.74, 6) is -0.389. The van der Waals surface area contributed by atoms with Gasteiger partial charge in [0.15, 0.2) is 5.82 Å². The highest BCUT2D eigenvalue weighted by Gasteiger charge is 2.20. The minimum atomic E-state index is -4.03. The highest BCUT2D eigenvalue weighted by molar-refractivity contribution is 9.10. The molecular formula is C10H8BrFN2O3S. The van der Waals surface area contributed by atoms with Gasteiger partial charge in [-0.2, -0.15) is 0 Å². The average molecular weight is 335 g/mol. The molecule has 1 aromatic carbocycles. The number of nitrogens with zero attached hydrogens (tertiary/aromatic N) is 1. The van der Waals surface area contributed by atoms with Crippen molar-refractivity contribution in [3.05, 3.63) is 40.3 Å². The summed E-state index contributed by atoms with van der Waals surface area (Å²) in [4.78, 5) is -0.461. The smallest absolute Gasteiger partial charge is 0.266 e. The van der Waals surface area contributed by atoms with Crippen molar-refractivity contribution in [2.24, 2.45) is 0 Å². The molecule has 0 spiro atoms. The van der Waals surface area contributed by atoms with E-state index in [1.54, 1.807) is 6.92 Å². The molecule has 1 aromatic heterocycles. The Bertz CT molecular complexity index is 684. The zero-order valence-electron chi connectivity index (χ0n) is 9.15. The molecule has 0 aliphatic carbocycles. The molecule has 8 heteroatoms. The Morgan fingerprint density at radius 3 is 2.72 bits per heavy atom. The lowest BCUT2D eigenvalue weighted by Crippen LogP contribution is -2.14. The molecule has 0 aliphatic rings. The van der Waals surface area contributed by atoms with Crippen molar-refractivity contribution >= 4 is 31.8 Å². The fraction of sp³-hybridized carbons (Fsp3) is 0.100. The van der Waals surface area contributed by atoms with E-state index < -0.39 is 20.7 Å². The Balaban J connectivity index is 2.39. The quantitative estimate of drug-likeness (QED) is 0.936. The Labute approximate surface area is 111 Å². The molecule has 0 amide bonds. The van der Waals surface area contributed by atoms with Crippen LogP contribution in [0.2, 0.25) is 0 Å². The van der Waals surface area contributed by atoms with Crippen LogP contribution in [0.4, 0.5) is 10.2 Å². The van der Waals surface area contributed by atoms with Crippen molar-refractivity contribution in [2.75, 3.05) is 4.72 Å². The SMILES string of the molecule is Cc1cc(NS(=O)(=O)c2cc(Br)ccc2F)no1. The number of aryl methyl sites for hydroxylation is 1. The first kappa shape index (κ1) is 13.0. The molecule has 18 heavy (non-hydrogen) atoms. The van der Waals surface area contributed by atoms with Gasteiger partial charge in [-0.05, 0) is 25.1 Å².